The summed E-state index contributed by atoms with van der Waals surface area (Å²) in [5, 5.41) is 12.3. The third kappa shape index (κ3) is 1.78. The number of fused-ring (bicyclic) bond motifs is 1. The summed E-state index contributed by atoms with van der Waals surface area (Å²) in [4.78, 5) is 14.8. The molecule has 5 heteroatoms. The van der Waals surface area contributed by atoms with Gasteiger partial charge in [0.25, 0.3) is 0 Å². The van der Waals surface area contributed by atoms with Crippen LogP contribution in [0.3, 0.4) is 0 Å². The number of aromatic carboxylic acids is 1. The van der Waals surface area contributed by atoms with E-state index in [-0.39, 0.29) is 11.7 Å². The van der Waals surface area contributed by atoms with Crippen LogP contribution in [0.15, 0.2) is 35.1 Å². The molecule has 1 aliphatic rings. The number of benzene rings is 1. The SMILES string of the molecule is O=C(O)c1ncoc1[C@@H]1Cc2ccccc2CN1. The quantitative estimate of drug-likeness (QED) is 0.841. The number of hydrogen-bond acceptors (Lipinski definition) is 4. The van der Waals surface area contributed by atoms with Crippen LogP contribution in [0.5, 0.6) is 0 Å². The molecule has 0 unspecified atom stereocenters. The van der Waals surface area contributed by atoms with E-state index in [0.717, 1.165) is 0 Å². The number of aromatic nitrogens is 1. The first-order valence-electron chi connectivity index (χ1n) is 5.72. The van der Waals surface area contributed by atoms with Crippen molar-refractivity contribution in [2.45, 2.75) is 19.0 Å². The van der Waals surface area contributed by atoms with Crippen molar-refractivity contribution in [3.05, 3.63) is 53.2 Å². The van der Waals surface area contributed by atoms with Crippen molar-refractivity contribution in [1.29, 1.82) is 0 Å². The molecule has 5 nitrogen and oxygen atoms in total. The Morgan fingerprint density at radius 2 is 2.17 bits per heavy atom. The molecule has 3 rings (SSSR count). The van der Waals surface area contributed by atoms with Gasteiger partial charge in [-0.1, -0.05) is 24.3 Å². The number of carboxylic acid groups (broad SMARTS) is 1. The molecule has 0 radical (unpaired) electrons. The van der Waals surface area contributed by atoms with Crippen LogP contribution in [0.2, 0.25) is 0 Å². The highest BCUT2D eigenvalue weighted by Crippen LogP contribution is 2.27. The van der Waals surface area contributed by atoms with Crippen LogP contribution in [0, 0.1) is 0 Å². The number of rotatable bonds is 2. The fraction of sp³-hybridized carbons (Fsp3) is 0.231. The molecular weight excluding hydrogens is 232 g/mol. The van der Waals surface area contributed by atoms with Crippen molar-refractivity contribution in [2.75, 3.05) is 0 Å². The summed E-state index contributed by atoms with van der Waals surface area (Å²) >= 11 is 0. The third-order valence-corrected chi connectivity index (χ3v) is 3.20. The Kier molecular flexibility index (Phi) is 2.60. The van der Waals surface area contributed by atoms with Gasteiger partial charge in [0.05, 0.1) is 6.04 Å². The average Bonchev–Trinajstić information content (AvgIpc) is 2.87. The highest BCUT2D eigenvalue weighted by molar-refractivity contribution is 5.86. The summed E-state index contributed by atoms with van der Waals surface area (Å²) in [5.41, 5.74) is 2.45. The molecule has 0 amide bonds. The van der Waals surface area contributed by atoms with E-state index in [1.165, 1.54) is 17.5 Å². The van der Waals surface area contributed by atoms with E-state index in [4.69, 9.17) is 9.52 Å². The summed E-state index contributed by atoms with van der Waals surface area (Å²) < 4.78 is 5.23. The minimum atomic E-state index is -1.06. The fourth-order valence-corrected chi connectivity index (χ4v) is 2.30. The highest BCUT2D eigenvalue weighted by Gasteiger charge is 2.27. The first kappa shape index (κ1) is 11.0. The van der Waals surface area contributed by atoms with E-state index in [2.05, 4.69) is 22.4 Å². The molecule has 1 aromatic heterocycles. The van der Waals surface area contributed by atoms with E-state index in [1.807, 2.05) is 12.1 Å². The van der Waals surface area contributed by atoms with Gasteiger partial charge in [0.15, 0.2) is 17.8 Å². The molecule has 0 aliphatic carbocycles. The molecular formula is C13H12N2O3. The fourth-order valence-electron chi connectivity index (χ4n) is 2.30. The van der Waals surface area contributed by atoms with Crippen molar-refractivity contribution in [3.63, 3.8) is 0 Å². The van der Waals surface area contributed by atoms with Crippen LogP contribution in [-0.4, -0.2) is 16.1 Å². The highest BCUT2D eigenvalue weighted by atomic mass is 16.4. The van der Waals surface area contributed by atoms with E-state index in [1.54, 1.807) is 0 Å². The van der Waals surface area contributed by atoms with Gasteiger partial charge in [-0.05, 0) is 17.5 Å². The van der Waals surface area contributed by atoms with Gasteiger partial charge in [0, 0.05) is 6.54 Å². The normalized spacial score (nSPS) is 18.3. The molecule has 0 bridgehead atoms. The Morgan fingerprint density at radius 1 is 1.39 bits per heavy atom. The largest absolute Gasteiger partial charge is 0.476 e. The zero-order valence-corrected chi connectivity index (χ0v) is 9.59. The van der Waals surface area contributed by atoms with E-state index >= 15 is 0 Å². The monoisotopic (exact) mass is 244 g/mol. The zero-order chi connectivity index (χ0) is 12.5. The first-order chi connectivity index (χ1) is 8.75. The lowest BCUT2D eigenvalue weighted by Gasteiger charge is -2.24. The van der Waals surface area contributed by atoms with Gasteiger partial charge in [0.1, 0.15) is 0 Å². The Hall–Kier alpha value is -2.14. The predicted molar refractivity (Wildman–Crippen MR) is 63.2 cm³/mol. The number of oxazole rings is 1. The molecule has 1 aliphatic heterocycles. The van der Waals surface area contributed by atoms with Crippen LogP contribution in [0.1, 0.15) is 33.4 Å². The lowest BCUT2D eigenvalue weighted by Crippen LogP contribution is -2.29. The second-order valence-electron chi connectivity index (χ2n) is 4.28. The third-order valence-electron chi connectivity index (χ3n) is 3.20. The molecule has 0 spiro atoms. The molecule has 0 fully saturated rings. The van der Waals surface area contributed by atoms with Crippen molar-refractivity contribution >= 4 is 5.97 Å². The maximum atomic E-state index is 11.0. The minimum Gasteiger partial charge on any atom is -0.476 e. The second-order valence-corrected chi connectivity index (χ2v) is 4.28. The zero-order valence-electron chi connectivity index (χ0n) is 9.59. The summed E-state index contributed by atoms with van der Waals surface area (Å²) in [6.45, 7) is 0.709. The molecule has 0 saturated heterocycles. The van der Waals surface area contributed by atoms with Gasteiger partial charge in [-0.3, -0.25) is 0 Å². The molecule has 2 N–H and O–H groups in total. The van der Waals surface area contributed by atoms with Crippen molar-refractivity contribution in [3.8, 4) is 0 Å². The molecule has 1 aromatic carbocycles. The van der Waals surface area contributed by atoms with E-state index < -0.39 is 5.97 Å². The van der Waals surface area contributed by atoms with Crippen molar-refractivity contribution in [1.82, 2.24) is 10.3 Å². The standard InChI is InChI=1S/C13H12N2O3/c16-13(17)11-12(18-7-15-11)10-5-8-3-1-2-4-9(8)6-14-10/h1-4,7,10,14H,5-6H2,(H,16,17)/t10-/m0/s1. The van der Waals surface area contributed by atoms with Crippen molar-refractivity contribution < 1.29 is 14.3 Å². The smallest absolute Gasteiger partial charge is 0.358 e. The number of carbonyl (C=O) groups is 1. The predicted octanol–water partition coefficient (Wildman–Crippen LogP) is 1.76. The maximum Gasteiger partial charge on any atom is 0.358 e. The van der Waals surface area contributed by atoms with Gasteiger partial charge in [0.2, 0.25) is 0 Å². The number of nitrogens with one attached hydrogen (secondary N) is 1. The average molecular weight is 244 g/mol. The molecule has 2 aromatic rings. The Morgan fingerprint density at radius 3 is 2.94 bits per heavy atom. The summed E-state index contributed by atoms with van der Waals surface area (Å²) in [7, 11) is 0. The topological polar surface area (TPSA) is 75.4 Å². The summed E-state index contributed by atoms with van der Waals surface area (Å²) in [6, 6.07) is 7.97. The van der Waals surface area contributed by atoms with Gasteiger partial charge in [-0.15, -0.1) is 0 Å². The summed E-state index contributed by atoms with van der Waals surface area (Å²) in [6.07, 6.45) is 1.90. The van der Waals surface area contributed by atoms with Gasteiger partial charge in [-0.2, -0.15) is 0 Å². The van der Waals surface area contributed by atoms with Crippen LogP contribution in [0.4, 0.5) is 0 Å². The van der Waals surface area contributed by atoms with Crippen LogP contribution < -0.4 is 5.32 Å². The molecule has 18 heavy (non-hydrogen) atoms. The molecule has 2 heterocycles. The van der Waals surface area contributed by atoms with Crippen LogP contribution in [0.25, 0.3) is 0 Å². The molecule has 92 valence electrons. The maximum absolute atomic E-state index is 11.0. The Labute approximate surface area is 103 Å². The van der Waals surface area contributed by atoms with Gasteiger partial charge in [-0.25, -0.2) is 9.78 Å². The number of carboxylic acids is 1. The van der Waals surface area contributed by atoms with E-state index in [0.29, 0.717) is 18.7 Å². The lowest BCUT2D eigenvalue weighted by atomic mass is 9.94. The minimum absolute atomic E-state index is 0.00752. The van der Waals surface area contributed by atoms with Gasteiger partial charge >= 0.3 is 5.97 Å². The van der Waals surface area contributed by atoms with Crippen molar-refractivity contribution in [2.24, 2.45) is 0 Å². The Balaban J connectivity index is 1.92. The first-order valence-corrected chi connectivity index (χ1v) is 5.72. The van der Waals surface area contributed by atoms with Crippen LogP contribution >= 0.6 is 0 Å². The Bertz CT molecular complexity index is 591. The molecule has 0 saturated carbocycles. The number of hydrogen-bond donors (Lipinski definition) is 2. The number of nitrogens with zero attached hydrogens (tertiary/aromatic N) is 1. The van der Waals surface area contributed by atoms with Crippen LogP contribution in [-0.2, 0) is 13.0 Å². The summed E-state index contributed by atoms with van der Waals surface area (Å²) in [5.74, 6) is -0.656. The molecule has 1 atom stereocenters. The van der Waals surface area contributed by atoms with E-state index in [9.17, 15) is 4.79 Å². The lowest BCUT2D eigenvalue weighted by molar-refractivity contribution is 0.0687. The van der Waals surface area contributed by atoms with Gasteiger partial charge < -0.3 is 14.8 Å². The second kappa shape index (κ2) is 4.27.